The zero-order valence-corrected chi connectivity index (χ0v) is 38.6. The highest BCUT2D eigenvalue weighted by Crippen LogP contribution is 2.45. The van der Waals surface area contributed by atoms with Gasteiger partial charge in [0, 0.05) is 76.9 Å². The molecule has 9 aromatic carbocycles. The van der Waals surface area contributed by atoms with Crippen LogP contribution in [0, 0.1) is 0 Å². The molecule has 318 valence electrons. The third-order valence-corrected chi connectivity index (χ3v) is 15.6. The third kappa shape index (κ3) is 4.78. The molecule has 0 spiro atoms. The average molecular weight is 859 g/mol. The minimum Gasteiger partial charge on any atom is -0.310 e. The quantitative estimate of drug-likeness (QED) is 0.154. The first-order chi connectivity index (χ1) is 32.5. The highest BCUT2D eigenvalue weighted by atomic mass is 15.0. The number of benzene rings is 9. The van der Waals surface area contributed by atoms with Crippen LogP contribution in [0.25, 0.3) is 110 Å². The molecule has 6 heterocycles. The number of hydrogen-bond acceptors (Lipinski definition) is 0. The molecule has 2 aliphatic heterocycles. The average Bonchev–Trinajstić information content (AvgIpc) is 4.05. The first kappa shape index (κ1) is 37.5. The molecule has 2 aliphatic rings. The van der Waals surface area contributed by atoms with Crippen LogP contribution in [0.3, 0.4) is 0 Å². The van der Waals surface area contributed by atoms with Crippen LogP contribution in [0.1, 0.15) is 52.7 Å². The highest BCUT2D eigenvalue weighted by molar-refractivity contribution is 7.00. The van der Waals surface area contributed by atoms with E-state index in [1.54, 1.807) is 0 Å². The maximum absolute atomic E-state index is 2.62. The fraction of sp³-hybridized carbons (Fsp3) is 0.129. The molecule has 13 aromatic rings. The Morgan fingerprint density at radius 2 is 0.687 bits per heavy atom. The van der Waals surface area contributed by atoms with Crippen LogP contribution in [0.2, 0.25) is 0 Å². The molecule has 4 nitrogen and oxygen atoms in total. The minimum atomic E-state index is 0.0205. The Morgan fingerprint density at radius 1 is 0.313 bits per heavy atom. The molecule has 0 amide bonds. The van der Waals surface area contributed by atoms with E-state index in [1.807, 2.05) is 0 Å². The number of nitrogens with zero attached hydrogens (tertiary/aromatic N) is 4. The van der Waals surface area contributed by atoms with Crippen molar-refractivity contribution < 1.29 is 0 Å². The molecule has 0 unspecified atom stereocenters. The topological polar surface area (TPSA) is 19.7 Å². The number of fused-ring (bicyclic) bond motifs is 16. The highest BCUT2D eigenvalue weighted by Gasteiger charge is 2.41. The Bertz CT molecular complexity index is 4060. The first-order valence-electron chi connectivity index (χ1n) is 23.9. The Kier molecular flexibility index (Phi) is 7.03. The van der Waals surface area contributed by atoms with Crippen LogP contribution < -0.4 is 16.4 Å². The van der Waals surface area contributed by atoms with E-state index in [1.165, 1.54) is 137 Å². The maximum atomic E-state index is 2.62. The molecule has 0 bridgehead atoms. The van der Waals surface area contributed by atoms with E-state index < -0.39 is 0 Å². The van der Waals surface area contributed by atoms with Crippen molar-refractivity contribution in [2.75, 3.05) is 0 Å². The Hall–Kier alpha value is -7.76. The smallest absolute Gasteiger partial charge is 0.252 e. The van der Waals surface area contributed by atoms with Crippen LogP contribution >= 0.6 is 0 Å². The Morgan fingerprint density at radius 3 is 1.10 bits per heavy atom. The predicted molar refractivity (Wildman–Crippen MR) is 286 cm³/mol. The van der Waals surface area contributed by atoms with Gasteiger partial charge in [-0.05, 0) is 123 Å². The van der Waals surface area contributed by atoms with Crippen molar-refractivity contribution in [3.8, 4) is 22.7 Å². The molecule has 0 saturated heterocycles. The fourth-order valence-corrected chi connectivity index (χ4v) is 12.5. The van der Waals surface area contributed by atoms with Crippen molar-refractivity contribution in [3.05, 3.63) is 187 Å². The summed E-state index contributed by atoms with van der Waals surface area (Å²) in [6.07, 6.45) is 0. The molecule has 67 heavy (non-hydrogen) atoms. The Balaban J connectivity index is 1.05. The number of hydrogen-bond donors (Lipinski definition) is 0. The lowest BCUT2D eigenvalue weighted by atomic mass is 9.34. The van der Waals surface area contributed by atoms with Gasteiger partial charge in [-0.3, -0.25) is 0 Å². The van der Waals surface area contributed by atoms with E-state index in [4.69, 9.17) is 0 Å². The lowest BCUT2D eigenvalue weighted by Crippen LogP contribution is -2.59. The van der Waals surface area contributed by atoms with Gasteiger partial charge >= 0.3 is 0 Å². The second-order valence-electron chi connectivity index (χ2n) is 21.4. The van der Waals surface area contributed by atoms with Gasteiger partial charge in [0.25, 0.3) is 6.71 Å². The zero-order chi connectivity index (χ0) is 44.8. The molecule has 0 saturated carbocycles. The third-order valence-electron chi connectivity index (χ3n) is 15.6. The molecular formula is C62H47BN4. The molecule has 0 fully saturated rings. The summed E-state index contributed by atoms with van der Waals surface area (Å²) in [6, 6.07) is 67.2. The monoisotopic (exact) mass is 858 g/mol. The summed E-state index contributed by atoms with van der Waals surface area (Å²) in [5.74, 6) is 0. The van der Waals surface area contributed by atoms with Gasteiger partial charge in [0.1, 0.15) is 0 Å². The molecule has 15 rings (SSSR count). The van der Waals surface area contributed by atoms with Crippen LogP contribution in [-0.4, -0.2) is 25.0 Å². The van der Waals surface area contributed by atoms with Crippen molar-refractivity contribution in [1.29, 1.82) is 0 Å². The van der Waals surface area contributed by atoms with E-state index in [2.05, 4.69) is 236 Å². The summed E-state index contributed by atoms with van der Waals surface area (Å²) < 4.78 is 10.2. The van der Waals surface area contributed by atoms with E-state index >= 15 is 0 Å². The predicted octanol–water partition coefficient (Wildman–Crippen LogP) is 13.8. The largest absolute Gasteiger partial charge is 0.310 e. The Labute approximate surface area is 389 Å². The van der Waals surface area contributed by atoms with Gasteiger partial charge in [-0.25, -0.2) is 0 Å². The summed E-state index contributed by atoms with van der Waals surface area (Å²) in [4.78, 5) is 0. The molecular weight excluding hydrogens is 812 g/mol. The van der Waals surface area contributed by atoms with Crippen molar-refractivity contribution in [1.82, 2.24) is 18.3 Å². The van der Waals surface area contributed by atoms with Gasteiger partial charge < -0.3 is 18.3 Å². The minimum absolute atomic E-state index is 0.0205. The maximum Gasteiger partial charge on any atom is 0.252 e. The first-order valence-corrected chi connectivity index (χ1v) is 23.9. The lowest BCUT2D eigenvalue weighted by molar-refractivity contribution is 0.591. The number of rotatable bonds is 2. The summed E-state index contributed by atoms with van der Waals surface area (Å²) in [5.41, 5.74) is 21.8. The van der Waals surface area contributed by atoms with Gasteiger partial charge in [-0.15, -0.1) is 0 Å². The van der Waals surface area contributed by atoms with Gasteiger partial charge in [0.05, 0.1) is 33.1 Å². The number of para-hydroxylation sites is 4. The van der Waals surface area contributed by atoms with Gasteiger partial charge in [0.2, 0.25) is 0 Å². The van der Waals surface area contributed by atoms with Crippen molar-refractivity contribution in [2.24, 2.45) is 0 Å². The second-order valence-corrected chi connectivity index (χ2v) is 21.4. The molecule has 0 radical (unpaired) electrons. The van der Waals surface area contributed by atoms with E-state index in [0.29, 0.717) is 0 Å². The van der Waals surface area contributed by atoms with Gasteiger partial charge in [-0.2, -0.15) is 0 Å². The van der Waals surface area contributed by atoms with Crippen LogP contribution in [0.5, 0.6) is 0 Å². The van der Waals surface area contributed by atoms with Gasteiger partial charge in [0.15, 0.2) is 0 Å². The fourth-order valence-electron chi connectivity index (χ4n) is 12.5. The lowest BCUT2D eigenvalue weighted by Gasteiger charge is -2.33. The molecule has 0 atom stereocenters. The molecule has 5 heteroatoms. The van der Waals surface area contributed by atoms with E-state index in [0.717, 1.165) is 0 Å². The molecule has 0 N–H and O–H groups in total. The summed E-state index contributed by atoms with van der Waals surface area (Å²) in [5, 5.41) is 10.3. The van der Waals surface area contributed by atoms with Gasteiger partial charge in [-0.1, -0.05) is 133 Å². The van der Waals surface area contributed by atoms with Crippen molar-refractivity contribution in [2.45, 2.75) is 52.4 Å². The van der Waals surface area contributed by atoms with Crippen molar-refractivity contribution >= 4 is 110 Å². The SMILES string of the molecule is CC(C)(C)c1ccc2c(c1)c1cc3c(cc1n2-c1ccccc1)c1cccc2c1n3-c1cccc3c1B2c1cccc2c4cc5c(cc4n-3c12)c1cc(C(C)(C)C)ccc1n5-c1ccccc1. The summed E-state index contributed by atoms with van der Waals surface area (Å²) in [7, 11) is 0. The molecule has 0 aliphatic carbocycles. The standard InChI is InChI=1S/C62H47BN4/c1-61(2,3)36-26-28-50-42(30-36)46-34-56-44(32-54(46)64(50)38-16-9-7-10-17-38)40-20-13-22-48-59(40)66(56)52-24-15-25-53-58(52)63(48)49-23-14-21-41-45-33-55-47(35-57(45)67(53)60(41)49)43-31-37(62(4,5)6)27-29-51(43)65(55)39-18-11-8-12-19-39/h7-35H,1-6H3. The van der Waals surface area contributed by atoms with E-state index in [-0.39, 0.29) is 17.5 Å². The van der Waals surface area contributed by atoms with Crippen molar-refractivity contribution in [3.63, 3.8) is 0 Å². The molecule has 4 aromatic heterocycles. The van der Waals surface area contributed by atoms with E-state index in [9.17, 15) is 0 Å². The zero-order valence-electron chi connectivity index (χ0n) is 38.6. The van der Waals surface area contributed by atoms with Crippen LogP contribution in [0.15, 0.2) is 176 Å². The summed E-state index contributed by atoms with van der Waals surface area (Å²) in [6.45, 7) is 14.0. The number of aromatic nitrogens is 4. The van der Waals surface area contributed by atoms with Crippen LogP contribution in [-0.2, 0) is 10.8 Å². The van der Waals surface area contributed by atoms with Crippen LogP contribution in [0.4, 0.5) is 0 Å². The summed E-state index contributed by atoms with van der Waals surface area (Å²) >= 11 is 0. The second kappa shape index (κ2) is 12.6. The normalized spacial score (nSPS) is 13.5.